The van der Waals surface area contributed by atoms with Crippen molar-refractivity contribution < 1.29 is 9.29 Å². The highest BCUT2D eigenvalue weighted by Crippen LogP contribution is 2.22. The molecule has 0 bridgehead atoms. The zero-order valence-electron chi connectivity index (χ0n) is 14.2. The number of hydrogen-bond acceptors (Lipinski definition) is 3. The van der Waals surface area contributed by atoms with Gasteiger partial charge in [0.25, 0.3) is 0 Å². The van der Waals surface area contributed by atoms with Crippen LogP contribution in [-0.2, 0) is 18.0 Å². The van der Waals surface area contributed by atoms with Gasteiger partial charge in [0, 0.05) is 11.4 Å². The first kappa shape index (κ1) is 17.9. The Morgan fingerprint density at radius 2 is 1.65 bits per heavy atom. The van der Waals surface area contributed by atoms with E-state index in [2.05, 4.69) is 4.72 Å². The van der Waals surface area contributed by atoms with Gasteiger partial charge >= 0.3 is 0 Å². The van der Waals surface area contributed by atoms with Crippen molar-refractivity contribution in [2.75, 3.05) is 0 Å². The molecule has 0 unspecified atom stereocenters. The van der Waals surface area contributed by atoms with Crippen LogP contribution in [-0.4, -0.2) is 9.30 Å². The van der Waals surface area contributed by atoms with Crippen molar-refractivity contribution in [2.24, 2.45) is 0 Å². The van der Waals surface area contributed by atoms with Crippen molar-refractivity contribution in [2.45, 2.75) is 45.1 Å². The van der Waals surface area contributed by atoms with Crippen LogP contribution in [0.4, 0.5) is 0 Å². The summed E-state index contributed by atoms with van der Waals surface area (Å²) in [6.07, 6.45) is 0. The Balaban J connectivity index is 1.91. The second-order valence-corrected chi connectivity index (χ2v) is 8.56. The molecule has 0 heterocycles. The van der Waals surface area contributed by atoms with Gasteiger partial charge in [0.1, 0.15) is 17.1 Å². The van der Waals surface area contributed by atoms with E-state index in [0.29, 0.717) is 6.61 Å². The lowest BCUT2D eigenvalue weighted by atomic mass is 10.1. The molecule has 0 spiro atoms. The van der Waals surface area contributed by atoms with Crippen molar-refractivity contribution >= 4 is 11.4 Å². The van der Waals surface area contributed by atoms with Crippen LogP contribution < -0.4 is 9.46 Å². The standard InChI is InChI=1S/C19H25NO2S/c1-15(20-23(21)19(2,3)4)17-10-12-18(13-11-17)22-14-16-8-6-5-7-9-16/h5-13,15,20H,14H2,1-4H3/t15-,23-/m0/s1. The van der Waals surface area contributed by atoms with Crippen LogP contribution in [0.15, 0.2) is 54.6 Å². The molecule has 0 saturated heterocycles. The Hall–Kier alpha value is -1.49. The van der Waals surface area contributed by atoms with Gasteiger partial charge in [-0.15, -0.1) is 4.72 Å². The maximum atomic E-state index is 12.1. The van der Waals surface area contributed by atoms with Crippen LogP contribution in [0.1, 0.15) is 44.9 Å². The van der Waals surface area contributed by atoms with Crippen molar-refractivity contribution in [3.8, 4) is 5.75 Å². The van der Waals surface area contributed by atoms with Gasteiger partial charge in [0.05, 0.1) is 6.04 Å². The van der Waals surface area contributed by atoms with E-state index in [-0.39, 0.29) is 10.8 Å². The predicted octanol–water partition coefficient (Wildman–Crippen LogP) is 4.38. The fourth-order valence-corrected chi connectivity index (χ4v) is 2.81. The van der Waals surface area contributed by atoms with Crippen molar-refractivity contribution in [1.82, 2.24) is 4.72 Å². The maximum Gasteiger partial charge on any atom is 0.136 e. The highest BCUT2D eigenvalue weighted by molar-refractivity contribution is 7.90. The highest BCUT2D eigenvalue weighted by Gasteiger charge is 2.28. The normalized spacial score (nSPS) is 14.3. The highest BCUT2D eigenvalue weighted by atomic mass is 32.2. The summed E-state index contributed by atoms with van der Waals surface area (Å²) < 4.78 is 20.8. The minimum Gasteiger partial charge on any atom is -0.598 e. The van der Waals surface area contributed by atoms with Gasteiger partial charge < -0.3 is 9.29 Å². The molecule has 0 aliphatic carbocycles. The van der Waals surface area contributed by atoms with Gasteiger partial charge in [-0.2, -0.15) is 0 Å². The van der Waals surface area contributed by atoms with Crippen molar-refractivity contribution in [3.05, 3.63) is 65.7 Å². The lowest BCUT2D eigenvalue weighted by Crippen LogP contribution is -2.40. The first-order chi connectivity index (χ1) is 10.9. The van der Waals surface area contributed by atoms with E-state index in [1.165, 1.54) is 0 Å². The molecule has 0 aliphatic heterocycles. The molecule has 4 heteroatoms. The topological polar surface area (TPSA) is 44.3 Å². The molecular weight excluding hydrogens is 306 g/mol. The van der Waals surface area contributed by atoms with Gasteiger partial charge in [-0.3, -0.25) is 0 Å². The van der Waals surface area contributed by atoms with E-state index < -0.39 is 11.4 Å². The van der Waals surface area contributed by atoms with Gasteiger partial charge in [-0.05, 0) is 51.0 Å². The third-order valence-electron chi connectivity index (χ3n) is 3.47. The number of nitrogens with one attached hydrogen (secondary N) is 1. The molecule has 0 saturated carbocycles. The molecule has 23 heavy (non-hydrogen) atoms. The molecule has 2 rings (SSSR count). The Bertz CT molecular complexity index is 593. The third kappa shape index (κ3) is 5.57. The molecule has 124 valence electrons. The molecule has 0 aliphatic rings. The molecule has 2 atom stereocenters. The molecule has 0 radical (unpaired) electrons. The number of benzene rings is 2. The Kier molecular flexibility index (Phi) is 6.10. The summed E-state index contributed by atoms with van der Waals surface area (Å²) in [4.78, 5) is 0. The number of rotatable bonds is 6. The minimum atomic E-state index is -1.08. The van der Waals surface area contributed by atoms with E-state index in [4.69, 9.17) is 4.74 Å². The second-order valence-electron chi connectivity index (χ2n) is 6.56. The average molecular weight is 331 g/mol. The van der Waals surface area contributed by atoms with E-state index in [9.17, 15) is 4.55 Å². The van der Waals surface area contributed by atoms with Gasteiger partial charge in [0.15, 0.2) is 0 Å². The van der Waals surface area contributed by atoms with E-state index >= 15 is 0 Å². The van der Waals surface area contributed by atoms with Crippen LogP contribution in [0, 0.1) is 0 Å². The van der Waals surface area contributed by atoms with Gasteiger partial charge in [0.2, 0.25) is 0 Å². The second kappa shape index (κ2) is 7.86. The Labute approximate surface area is 142 Å². The van der Waals surface area contributed by atoms with Gasteiger partial charge in [-0.1, -0.05) is 42.5 Å². The Morgan fingerprint density at radius 3 is 2.22 bits per heavy atom. The molecule has 1 N–H and O–H groups in total. The minimum absolute atomic E-state index is 0.0261. The molecule has 3 nitrogen and oxygen atoms in total. The Morgan fingerprint density at radius 1 is 1.04 bits per heavy atom. The van der Waals surface area contributed by atoms with E-state index in [0.717, 1.165) is 16.9 Å². The first-order valence-electron chi connectivity index (χ1n) is 7.81. The smallest absolute Gasteiger partial charge is 0.136 e. The van der Waals surface area contributed by atoms with E-state index in [1.54, 1.807) is 0 Å². The number of ether oxygens (including phenoxy) is 1. The summed E-state index contributed by atoms with van der Waals surface area (Å²) in [7, 11) is 0. The summed E-state index contributed by atoms with van der Waals surface area (Å²) in [5, 5.41) is 0. The molecule has 2 aromatic carbocycles. The monoisotopic (exact) mass is 331 g/mol. The van der Waals surface area contributed by atoms with Crippen LogP contribution in [0.25, 0.3) is 0 Å². The molecular formula is C19H25NO2S. The van der Waals surface area contributed by atoms with E-state index in [1.807, 2.05) is 82.3 Å². The molecule has 0 amide bonds. The van der Waals surface area contributed by atoms with Crippen LogP contribution in [0.3, 0.4) is 0 Å². The molecule has 0 fully saturated rings. The summed E-state index contributed by atoms with van der Waals surface area (Å²) in [6, 6.07) is 18.1. The summed E-state index contributed by atoms with van der Waals surface area (Å²) >= 11 is -1.08. The third-order valence-corrected chi connectivity index (χ3v) is 5.15. The fourth-order valence-electron chi connectivity index (χ4n) is 2.00. The van der Waals surface area contributed by atoms with Crippen LogP contribution in [0.5, 0.6) is 5.75 Å². The lowest BCUT2D eigenvalue weighted by molar-refractivity contribution is 0.306. The zero-order valence-corrected chi connectivity index (χ0v) is 15.0. The quantitative estimate of drug-likeness (QED) is 0.799. The largest absolute Gasteiger partial charge is 0.598 e. The average Bonchev–Trinajstić information content (AvgIpc) is 2.53. The first-order valence-corrected chi connectivity index (χ1v) is 8.96. The number of hydrogen-bond donors (Lipinski definition) is 1. The van der Waals surface area contributed by atoms with Gasteiger partial charge in [-0.25, -0.2) is 0 Å². The summed E-state index contributed by atoms with van der Waals surface area (Å²) in [5.41, 5.74) is 2.24. The van der Waals surface area contributed by atoms with Crippen molar-refractivity contribution in [3.63, 3.8) is 0 Å². The predicted molar refractivity (Wildman–Crippen MR) is 96.7 cm³/mol. The SMILES string of the molecule is C[C@H](N[S@@+]([O-])C(C)(C)C)c1ccc(OCc2ccccc2)cc1. The van der Waals surface area contributed by atoms with Crippen molar-refractivity contribution in [1.29, 1.82) is 0 Å². The van der Waals surface area contributed by atoms with Crippen LogP contribution in [0.2, 0.25) is 0 Å². The fraction of sp³-hybridized carbons (Fsp3) is 0.368. The zero-order chi connectivity index (χ0) is 16.9. The lowest BCUT2D eigenvalue weighted by Gasteiger charge is -2.26. The molecule has 2 aromatic rings. The molecule has 0 aromatic heterocycles. The van der Waals surface area contributed by atoms with Crippen LogP contribution >= 0.6 is 0 Å². The maximum absolute atomic E-state index is 12.1. The summed E-state index contributed by atoms with van der Waals surface area (Å²) in [6.45, 7) is 8.46. The summed E-state index contributed by atoms with van der Waals surface area (Å²) in [5.74, 6) is 0.835.